The van der Waals surface area contributed by atoms with E-state index in [9.17, 15) is 4.79 Å². The second-order valence-electron chi connectivity index (χ2n) is 6.42. The van der Waals surface area contributed by atoms with Crippen molar-refractivity contribution in [1.29, 1.82) is 0 Å². The SMILES string of the molecule is O=c1c2ccccc2ncn1CCN1CCN(c2ccccc2)CC1. The highest BCUT2D eigenvalue weighted by Crippen LogP contribution is 2.15. The van der Waals surface area contributed by atoms with Gasteiger partial charge in [0.1, 0.15) is 0 Å². The zero-order chi connectivity index (χ0) is 17.1. The van der Waals surface area contributed by atoms with Crippen molar-refractivity contribution >= 4 is 16.6 Å². The molecular formula is C20H22N4O. The summed E-state index contributed by atoms with van der Waals surface area (Å²) < 4.78 is 1.73. The molecule has 128 valence electrons. The van der Waals surface area contributed by atoms with Gasteiger partial charge in [-0.2, -0.15) is 0 Å². The van der Waals surface area contributed by atoms with Gasteiger partial charge in [0.25, 0.3) is 5.56 Å². The molecule has 1 aliphatic rings. The highest BCUT2D eigenvalue weighted by molar-refractivity contribution is 5.76. The Morgan fingerprint density at radius 2 is 1.56 bits per heavy atom. The smallest absolute Gasteiger partial charge is 0.261 e. The molecule has 1 aliphatic heterocycles. The second-order valence-corrected chi connectivity index (χ2v) is 6.42. The Kier molecular flexibility index (Phi) is 4.48. The minimum absolute atomic E-state index is 0.0496. The Bertz CT molecular complexity index is 898. The van der Waals surface area contributed by atoms with Gasteiger partial charge in [-0.05, 0) is 24.3 Å². The Morgan fingerprint density at radius 3 is 2.36 bits per heavy atom. The first kappa shape index (κ1) is 15.8. The predicted molar refractivity (Wildman–Crippen MR) is 101 cm³/mol. The van der Waals surface area contributed by atoms with Gasteiger partial charge in [0.2, 0.25) is 0 Å². The van der Waals surface area contributed by atoms with E-state index in [2.05, 4.69) is 45.1 Å². The molecule has 0 atom stereocenters. The topological polar surface area (TPSA) is 41.4 Å². The van der Waals surface area contributed by atoms with Gasteiger partial charge in [0.15, 0.2) is 0 Å². The van der Waals surface area contributed by atoms with E-state index in [4.69, 9.17) is 0 Å². The third-order valence-electron chi connectivity index (χ3n) is 4.88. The number of para-hydroxylation sites is 2. The maximum atomic E-state index is 12.5. The van der Waals surface area contributed by atoms with Gasteiger partial charge in [-0.1, -0.05) is 30.3 Å². The monoisotopic (exact) mass is 334 g/mol. The van der Waals surface area contributed by atoms with Crippen LogP contribution in [0.5, 0.6) is 0 Å². The van der Waals surface area contributed by atoms with Crippen LogP contribution >= 0.6 is 0 Å². The molecule has 1 saturated heterocycles. The fraction of sp³-hybridized carbons (Fsp3) is 0.300. The second kappa shape index (κ2) is 7.07. The number of benzene rings is 2. The van der Waals surface area contributed by atoms with Crippen molar-refractivity contribution in [1.82, 2.24) is 14.5 Å². The molecule has 25 heavy (non-hydrogen) atoms. The molecule has 5 heteroatoms. The molecule has 0 bridgehead atoms. The van der Waals surface area contributed by atoms with Gasteiger partial charge < -0.3 is 4.90 Å². The van der Waals surface area contributed by atoms with Crippen molar-refractivity contribution < 1.29 is 0 Å². The molecule has 2 aromatic carbocycles. The fourth-order valence-electron chi connectivity index (χ4n) is 3.38. The molecule has 0 spiro atoms. The van der Waals surface area contributed by atoms with Gasteiger partial charge in [-0.25, -0.2) is 4.98 Å². The van der Waals surface area contributed by atoms with Crippen LogP contribution in [0.3, 0.4) is 0 Å². The molecule has 0 aliphatic carbocycles. The summed E-state index contributed by atoms with van der Waals surface area (Å²) in [5, 5.41) is 0.693. The van der Waals surface area contributed by atoms with E-state index in [1.165, 1.54) is 5.69 Å². The lowest BCUT2D eigenvalue weighted by molar-refractivity contribution is 0.247. The number of anilines is 1. The van der Waals surface area contributed by atoms with E-state index in [1.807, 2.05) is 24.3 Å². The number of nitrogens with zero attached hydrogens (tertiary/aromatic N) is 4. The molecule has 3 aromatic rings. The maximum absolute atomic E-state index is 12.5. The summed E-state index contributed by atoms with van der Waals surface area (Å²) in [6, 6.07) is 18.1. The minimum atomic E-state index is 0.0496. The highest BCUT2D eigenvalue weighted by Gasteiger charge is 2.17. The molecule has 1 aromatic heterocycles. The molecular weight excluding hydrogens is 312 g/mol. The lowest BCUT2D eigenvalue weighted by Gasteiger charge is -2.36. The van der Waals surface area contributed by atoms with Crippen LogP contribution in [0.2, 0.25) is 0 Å². The summed E-state index contributed by atoms with van der Waals surface area (Å²) in [4.78, 5) is 21.8. The van der Waals surface area contributed by atoms with Crippen molar-refractivity contribution in [2.45, 2.75) is 6.54 Å². The van der Waals surface area contributed by atoms with E-state index in [0.29, 0.717) is 11.9 Å². The summed E-state index contributed by atoms with van der Waals surface area (Å²) in [7, 11) is 0. The molecule has 4 rings (SSSR count). The first-order chi connectivity index (χ1) is 12.3. The van der Waals surface area contributed by atoms with E-state index in [1.54, 1.807) is 10.9 Å². The number of aromatic nitrogens is 2. The first-order valence-electron chi connectivity index (χ1n) is 8.78. The predicted octanol–water partition coefficient (Wildman–Crippen LogP) is 2.22. The quantitative estimate of drug-likeness (QED) is 0.734. The molecule has 0 amide bonds. The van der Waals surface area contributed by atoms with Gasteiger partial charge in [0, 0.05) is 45.0 Å². The standard InChI is InChI=1S/C20H22N4O/c25-20-18-8-4-5-9-19(18)21-16-24(20)15-12-22-10-13-23(14-11-22)17-6-2-1-3-7-17/h1-9,16H,10-15H2. The molecule has 0 N–H and O–H groups in total. The van der Waals surface area contributed by atoms with E-state index >= 15 is 0 Å². The third-order valence-corrected chi connectivity index (χ3v) is 4.88. The zero-order valence-corrected chi connectivity index (χ0v) is 14.2. The molecule has 1 fully saturated rings. The van der Waals surface area contributed by atoms with Gasteiger partial charge >= 0.3 is 0 Å². The first-order valence-corrected chi connectivity index (χ1v) is 8.78. The average Bonchev–Trinajstić information content (AvgIpc) is 2.69. The van der Waals surface area contributed by atoms with Crippen LogP contribution in [-0.2, 0) is 6.54 Å². The van der Waals surface area contributed by atoms with Crippen LogP contribution in [-0.4, -0.2) is 47.2 Å². The summed E-state index contributed by atoms with van der Waals surface area (Å²) in [6.45, 7) is 5.64. The van der Waals surface area contributed by atoms with Crippen molar-refractivity contribution in [3.63, 3.8) is 0 Å². The van der Waals surface area contributed by atoms with Crippen LogP contribution in [0.15, 0.2) is 65.7 Å². The van der Waals surface area contributed by atoms with E-state index < -0.39 is 0 Å². The molecule has 0 unspecified atom stereocenters. The number of piperazine rings is 1. The Hall–Kier alpha value is -2.66. The Morgan fingerprint density at radius 1 is 0.840 bits per heavy atom. The zero-order valence-electron chi connectivity index (χ0n) is 14.2. The van der Waals surface area contributed by atoms with Crippen molar-refractivity contribution in [2.24, 2.45) is 0 Å². The minimum Gasteiger partial charge on any atom is -0.369 e. The molecule has 0 radical (unpaired) electrons. The van der Waals surface area contributed by atoms with Crippen LogP contribution < -0.4 is 10.5 Å². The lowest BCUT2D eigenvalue weighted by atomic mass is 10.2. The number of hydrogen-bond donors (Lipinski definition) is 0. The van der Waals surface area contributed by atoms with E-state index in [-0.39, 0.29) is 5.56 Å². The number of fused-ring (bicyclic) bond motifs is 1. The summed E-state index contributed by atoms with van der Waals surface area (Å²) in [5.41, 5.74) is 2.10. The lowest BCUT2D eigenvalue weighted by Crippen LogP contribution is -2.47. The van der Waals surface area contributed by atoms with E-state index in [0.717, 1.165) is 38.2 Å². The van der Waals surface area contributed by atoms with Gasteiger partial charge in [-0.15, -0.1) is 0 Å². The fourth-order valence-corrected chi connectivity index (χ4v) is 3.38. The van der Waals surface area contributed by atoms with Crippen LogP contribution in [0.4, 0.5) is 5.69 Å². The highest BCUT2D eigenvalue weighted by atomic mass is 16.1. The van der Waals surface area contributed by atoms with Crippen LogP contribution in [0, 0.1) is 0 Å². The van der Waals surface area contributed by atoms with Gasteiger partial charge in [0.05, 0.1) is 17.2 Å². The summed E-state index contributed by atoms with van der Waals surface area (Å²) >= 11 is 0. The molecule has 0 saturated carbocycles. The Balaban J connectivity index is 1.37. The third kappa shape index (κ3) is 3.42. The number of hydrogen-bond acceptors (Lipinski definition) is 4. The van der Waals surface area contributed by atoms with Crippen molar-refractivity contribution in [3.05, 3.63) is 71.3 Å². The molecule has 2 heterocycles. The maximum Gasteiger partial charge on any atom is 0.261 e. The average molecular weight is 334 g/mol. The van der Waals surface area contributed by atoms with Crippen molar-refractivity contribution in [3.8, 4) is 0 Å². The normalized spacial score (nSPS) is 15.6. The summed E-state index contributed by atoms with van der Waals surface area (Å²) in [5.74, 6) is 0. The van der Waals surface area contributed by atoms with Crippen LogP contribution in [0.25, 0.3) is 10.9 Å². The summed E-state index contributed by atoms with van der Waals surface area (Å²) in [6.07, 6.45) is 1.67. The molecule has 5 nitrogen and oxygen atoms in total. The van der Waals surface area contributed by atoms with Crippen LogP contribution in [0.1, 0.15) is 0 Å². The number of rotatable bonds is 4. The van der Waals surface area contributed by atoms with Crippen molar-refractivity contribution in [2.75, 3.05) is 37.6 Å². The largest absolute Gasteiger partial charge is 0.369 e. The van der Waals surface area contributed by atoms with Gasteiger partial charge in [-0.3, -0.25) is 14.3 Å². The Labute approximate surface area is 147 Å².